The SMILES string of the molecule is CCNCc1ccc(Br)cc1N(C)CCN1CCCC1. The number of hydrogen-bond donors (Lipinski definition) is 1. The van der Waals surface area contributed by atoms with Gasteiger partial charge in [-0.1, -0.05) is 28.9 Å². The fourth-order valence-corrected chi connectivity index (χ4v) is 3.07. The van der Waals surface area contributed by atoms with E-state index in [0.717, 1.165) is 24.1 Å². The van der Waals surface area contributed by atoms with E-state index in [0.29, 0.717) is 0 Å². The smallest absolute Gasteiger partial charge is 0.0421 e. The number of rotatable bonds is 7. The van der Waals surface area contributed by atoms with Crippen LogP contribution in [0.5, 0.6) is 0 Å². The molecule has 1 aromatic carbocycles. The summed E-state index contributed by atoms with van der Waals surface area (Å²) in [5.41, 5.74) is 2.71. The number of likely N-dealkylation sites (tertiary alicyclic amines) is 1. The van der Waals surface area contributed by atoms with Crippen molar-refractivity contribution in [1.29, 1.82) is 0 Å². The van der Waals surface area contributed by atoms with E-state index in [2.05, 4.69) is 63.2 Å². The van der Waals surface area contributed by atoms with Crippen molar-refractivity contribution < 1.29 is 0 Å². The van der Waals surface area contributed by atoms with E-state index in [1.54, 1.807) is 0 Å². The van der Waals surface area contributed by atoms with Gasteiger partial charge in [0.15, 0.2) is 0 Å². The highest BCUT2D eigenvalue weighted by molar-refractivity contribution is 9.10. The zero-order valence-electron chi connectivity index (χ0n) is 12.7. The van der Waals surface area contributed by atoms with Gasteiger partial charge in [-0.15, -0.1) is 0 Å². The van der Waals surface area contributed by atoms with E-state index < -0.39 is 0 Å². The van der Waals surface area contributed by atoms with Crippen molar-refractivity contribution in [1.82, 2.24) is 10.2 Å². The fourth-order valence-electron chi connectivity index (χ4n) is 2.72. The molecule has 1 heterocycles. The molecule has 1 N–H and O–H groups in total. The highest BCUT2D eigenvalue weighted by Gasteiger charge is 2.13. The maximum Gasteiger partial charge on any atom is 0.0421 e. The summed E-state index contributed by atoms with van der Waals surface area (Å²) in [5.74, 6) is 0. The van der Waals surface area contributed by atoms with Gasteiger partial charge < -0.3 is 15.1 Å². The Kier molecular flexibility index (Phi) is 6.33. The van der Waals surface area contributed by atoms with Crippen LogP contribution in [0.15, 0.2) is 22.7 Å². The molecule has 1 aliphatic heterocycles. The molecule has 3 nitrogen and oxygen atoms in total. The van der Waals surface area contributed by atoms with E-state index in [9.17, 15) is 0 Å². The molecule has 20 heavy (non-hydrogen) atoms. The van der Waals surface area contributed by atoms with Crippen molar-refractivity contribution in [3.63, 3.8) is 0 Å². The number of anilines is 1. The van der Waals surface area contributed by atoms with Gasteiger partial charge in [0.05, 0.1) is 0 Å². The average Bonchev–Trinajstić information content (AvgIpc) is 2.96. The van der Waals surface area contributed by atoms with Crippen LogP contribution in [0.3, 0.4) is 0 Å². The van der Waals surface area contributed by atoms with Gasteiger partial charge in [0, 0.05) is 36.8 Å². The lowest BCUT2D eigenvalue weighted by molar-refractivity contribution is 0.346. The Labute approximate surface area is 131 Å². The molecule has 0 amide bonds. The number of nitrogens with zero attached hydrogens (tertiary/aromatic N) is 2. The van der Waals surface area contributed by atoms with E-state index >= 15 is 0 Å². The van der Waals surface area contributed by atoms with Crippen molar-refractivity contribution in [3.8, 4) is 0 Å². The van der Waals surface area contributed by atoms with Crippen LogP contribution in [0.25, 0.3) is 0 Å². The number of benzene rings is 1. The second-order valence-electron chi connectivity index (χ2n) is 5.52. The fraction of sp³-hybridized carbons (Fsp3) is 0.625. The normalized spacial score (nSPS) is 15.8. The lowest BCUT2D eigenvalue weighted by atomic mass is 10.1. The van der Waals surface area contributed by atoms with Gasteiger partial charge in [0.2, 0.25) is 0 Å². The Balaban J connectivity index is 1.98. The Bertz CT molecular complexity index is 416. The van der Waals surface area contributed by atoms with Crippen molar-refractivity contribution in [2.24, 2.45) is 0 Å². The maximum absolute atomic E-state index is 3.59. The van der Waals surface area contributed by atoms with Crippen LogP contribution in [0, 0.1) is 0 Å². The molecule has 2 rings (SSSR count). The van der Waals surface area contributed by atoms with Crippen LogP contribution in [-0.2, 0) is 6.54 Å². The van der Waals surface area contributed by atoms with Gasteiger partial charge in [-0.05, 0) is 50.2 Å². The summed E-state index contributed by atoms with van der Waals surface area (Å²) in [6, 6.07) is 6.58. The third kappa shape index (κ3) is 4.47. The third-order valence-electron chi connectivity index (χ3n) is 3.97. The molecule has 0 radical (unpaired) electrons. The number of hydrogen-bond acceptors (Lipinski definition) is 3. The van der Waals surface area contributed by atoms with Crippen molar-refractivity contribution in [2.45, 2.75) is 26.3 Å². The number of nitrogens with one attached hydrogen (secondary N) is 1. The van der Waals surface area contributed by atoms with E-state index in [-0.39, 0.29) is 0 Å². The minimum Gasteiger partial charge on any atom is -0.373 e. The monoisotopic (exact) mass is 339 g/mol. The van der Waals surface area contributed by atoms with Crippen LogP contribution in [0.1, 0.15) is 25.3 Å². The molecule has 0 atom stereocenters. The minimum absolute atomic E-state index is 0.938. The number of halogens is 1. The molecule has 0 spiro atoms. The molecule has 112 valence electrons. The van der Waals surface area contributed by atoms with Gasteiger partial charge in [-0.3, -0.25) is 0 Å². The minimum atomic E-state index is 0.938. The molecule has 1 fully saturated rings. The summed E-state index contributed by atoms with van der Waals surface area (Å²) in [4.78, 5) is 4.95. The van der Waals surface area contributed by atoms with Gasteiger partial charge in [0.1, 0.15) is 0 Å². The summed E-state index contributed by atoms with van der Waals surface area (Å²) in [6.07, 6.45) is 2.73. The molecule has 0 aliphatic carbocycles. The van der Waals surface area contributed by atoms with Crippen molar-refractivity contribution in [3.05, 3.63) is 28.2 Å². The molecule has 0 bridgehead atoms. The predicted molar refractivity (Wildman–Crippen MR) is 90.5 cm³/mol. The molecule has 0 unspecified atom stereocenters. The summed E-state index contributed by atoms with van der Waals surface area (Å²) in [7, 11) is 2.20. The first kappa shape index (κ1) is 15.8. The standard InChI is InChI=1S/C16H26BrN3/c1-3-18-13-14-6-7-15(17)12-16(14)19(2)10-11-20-8-4-5-9-20/h6-7,12,18H,3-5,8-11,13H2,1-2H3. The van der Waals surface area contributed by atoms with Gasteiger partial charge in [0.25, 0.3) is 0 Å². The summed E-state index contributed by atoms with van der Waals surface area (Å²) in [5, 5.41) is 3.42. The van der Waals surface area contributed by atoms with E-state index in [1.165, 1.54) is 43.7 Å². The zero-order chi connectivity index (χ0) is 14.4. The first-order valence-corrected chi connectivity index (χ1v) is 8.42. The Morgan fingerprint density at radius 1 is 1.30 bits per heavy atom. The lowest BCUT2D eigenvalue weighted by Crippen LogP contribution is -2.32. The van der Waals surface area contributed by atoms with Crippen LogP contribution in [-0.4, -0.2) is 44.7 Å². The van der Waals surface area contributed by atoms with Crippen molar-refractivity contribution in [2.75, 3.05) is 44.7 Å². The summed E-state index contributed by atoms with van der Waals surface area (Å²) < 4.78 is 1.15. The van der Waals surface area contributed by atoms with Crippen molar-refractivity contribution >= 4 is 21.6 Å². The highest BCUT2D eigenvalue weighted by atomic mass is 79.9. The molecule has 0 saturated carbocycles. The highest BCUT2D eigenvalue weighted by Crippen LogP contribution is 2.24. The first-order valence-electron chi connectivity index (χ1n) is 7.63. The zero-order valence-corrected chi connectivity index (χ0v) is 14.2. The van der Waals surface area contributed by atoms with Crippen LogP contribution < -0.4 is 10.2 Å². The maximum atomic E-state index is 3.59. The molecular weight excluding hydrogens is 314 g/mol. The van der Waals surface area contributed by atoms with Gasteiger partial charge >= 0.3 is 0 Å². The predicted octanol–water partition coefficient (Wildman–Crippen LogP) is 3.09. The third-order valence-corrected chi connectivity index (χ3v) is 4.47. The molecule has 1 aromatic rings. The summed E-state index contributed by atoms with van der Waals surface area (Å²) in [6.45, 7) is 8.90. The molecule has 0 aromatic heterocycles. The number of likely N-dealkylation sites (N-methyl/N-ethyl adjacent to an activating group) is 1. The van der Waals surface area contributed by atoms with E-state index in [4.69, 9.17) is 0 Å². The van der Waals surface area contributed by atoms with Gasteiger partial charge in [-0.2, -0.15) is 0 Å². The second-order valence-corrected chi connectivity index (χ2v) is 6.44. The summed E-state index contributed by atoms with van der Waals surface area (Å²) >= 11 is 3.59. The van der Waals surface area contributed by atoms with Crippen LogP contribution >= 0.6 is 15.9 Å². The Hall–Kier alpha value is -0.580. The first-order chi connectivity index (χ1) is 9.70. The van der Waals surface area contributed by atoms with Crippen LogP contribution in [0.4, 0.5) is 5.69 Å². The molecule has 4 heteroatoms. The molecule has 1 aliphatic rings. The second kappa shape index (κ2) is 8.01. The van der Waals surface area contributed by atoms with E-state index in [1.807, 2.05) is 0 Å². The topological polar surface area (TPSA) is 18.5 Å². The van der Waals surface area contributed by atoms with Gasteiger partial charge in [-0.25, -0.2) is 0 Å². The average molecular weight is 340 g/mol. The quantitative estimate of drug-likeness (QED) is 0.823. The lowest BCUT2D eigenvalue weighted by Gasteiger charge is -2.25. The van der Waals surface area contributed by atoms with Crippen LogP contribution in [0.2, 0.25) is 0 Å². The molecule has 1 saturated heterocycles. The Morgan fingerprint density at radius 3 is 2.75 bits per heavy atom. The molecular formula is C16H26BrN3. The largest absolute Gasteiger partial charge is 0.373 e. The Morgan fingerprint density at radius 2 is 2.05 bits per heavy atom.